The standard InChI is InChI=1S/C16H21N5O/c1-12(14-5-3-4-7-17-14)19-16(22)21-9-6-13(11-21)15-18-8-10-20(15)2/h3-5,7-8,10,12-13H,6,9,11H2,1-2H3,(H,19,22)/t12-,13?/m0/s1. The van der Waals surface area contributed by atoms with Gasteiger partial charge in [-0.05, 0) is 25.5 Å². The van der Waals surface area contributed by atoms with Gasteiger partial charge in [0.2, 0.25) is 0 Å². The molecule has 1 aliphatic heterocycles. The number of pyridine rings is 1. The zero-order valence-corrected chi connectivity index (χ0v) is 12.9. The van der Waals surface area contributed by atoms with E-state index in [-0.39, 0.29) is 12.1 Å². The van der Waals surface area contributed by atoms with E-state index in [9.17, 15) is 4.79 Å². The first-order chi connectivity index (χ1) is 10.6. The van der Waals surface area contributed by atoms with Crippen LogP contribution in [-0.2, 0) is 7.05 Å². The molecule has 0 aromatic carbocycles. The minimum atomic E-state index is -0.0964. The summed E-state index contributed by atoms with van der Waals surface area (Å²) < 4.78 is 2.03. The SMILES string of the molecule is C[C@H](NC(=O)N1CCC(c2nccn2C)C1)c1ccccn1. The first-order valence-corrected chi connectivity index (χ1v) is 7.58. The predicted molar refractivity (Wildman–Crippen MR) is 83.3 cm³/mol. The van der Waals surface area contributed by atoms with Gasteiger partial charge in [-0.15, -0.1) is 0 Å². The van der Waals surface area contributed by atoms with Gasteiger partial charge in [0.1, 0.15) is 5.82 Å². The molecule has 22 heavy (non-hydrogen) atoms. The quantitative estimate of drug-likeness (QED) is 0.943. The maximum atomic E-state index is 12.4. The topological polar surface area (TPSA) is 63.1 Å². The Morgan fingerprint density at radius 3 is 2.91 bits per heavy atom. The molecule has 1 fully saturated rings. The van der Waals surface area contributed by atoms with Gasteiger partial charge in [0.15, 0.2) is 0 Å². The first-order valence-electron chi connectivity index (χ1n) is 7.58. The maximum absolute atomic E-state index is 12.4. The highest BCUT2D eigenvalue weighted by atomic mass is 16.2. The molecule has 1 aliphatic rings. The van der Waals surface area contributed by atoms with Gasteiger partial charge in [0.25, 0.3) is 0 Å². The van der Waals surface area contributed by atoms with Crippen LogP contribution in [0.3, 0.4) is 0 Å². The van der Waals surface area contributed by atoms with E-state index in [0.29, 0.717) is 12.5 Å². The van der Waals surface area contributed by atoms with E-state index >= 15 is 0 Å². The third kappa shape index (κ3) is 2.95. The number of imidazole rings is 1. The summed E-state index contributed by atoms with van der Waals surface area (Å²) in [4.78, 5) is 22.9. The summed E-state index contributed by atoms with van der Waals surface area (Å²) in [6.45, 7) is 3.43. The van der Waals surface area contributed by atoms with Crippen molar-refractivity contribution in [3.63, 3.8) is 0 Å². The van der Waals surface area contributed by atoms with Crippen molar-refractivity contribution in [1.29, 1.82) is 0 Å². The van der Waals surface area contributed by atoms with Crippen LogP contribution >= 0.6 is 0 Å². The van der Waals surface area contributed by atoms with Gasteiger partial charge in [-0.1, -0.05) is 6.07 Å². The molecule has 0 aliphatic carbocycles. The van der Waals surface area contributed by atoms with Crippen LogP contribution in [0.1, 0.15) is 36.8 Å². The Balaban J connectivity index is 1.59. The first kappa shape index (κ1) is 14.6. The number of aromatic nitrogens is 3. The highest BCUT2D eigenvalue weighted by Crippen LogP contribution is 2.25. The molecule has 1 saturated heterocycles. The molecule has 2 aromatic rings. The molecule has 0 saturated carbocycles. The van der Waals surface area contributed by atoms with Crippen LogP contribution in [0, 0.1) is 0 Å². The Morgan fingerprint density at radius 1 is 1.36 bits per heavy atom. The summed E-state index contributed by atoms with van der Waals surface area (Å²) in [5.41, 5.74) is 0.871. The molecule has 6 nitrogen and oxygen atoms in total. The molecule has 6 heteroatoms. The summed E-state index contributed by atoms with van der Waals surface area (Å²) in [7, 11) is 1.99. The van der Waals surface area contributed by atoms with Crippen molar-refractivity contribution < 1.29 is 4.79 Å². The number of nitrogens with zero attached hydrogens (tertiary/aromatic N) is 4. The molecule has 3 rings (SSSR count). The number of carbonyl (C=O) groups excluding carboxylic acids is 1. The number of carbonyl (C=O) groups is 1. The lowest BCUT2D eigenvalue weighted by Crippen LogP contribution is -2.39. The van der Waals surface area contributed by atoms with Gasteiger partial charge in [-0.2, -0.15) is 0 Å². The molecule has 1 unspecified atom stereocenters. The fraction of sp³-hybridized carbons (Fsp3) is 0.438. The second-order valence-corrected chi connectivity index (χ2v) is 5.75. The highest BCUT2D eigenvalue weighted by Gasteiger charge is 2.30. The lowest BCUT2D eigenvalue weighted by molar-refractivity contribution is 0.204. The molecular formula is C16H21N5O. The van der Waals surface area contributed by atoms with Crippen molar-refractivity contribution in [1.82, 2.24) is 24.8 Å². The van der Waals surface area contributed by atoms with Crippen molar-refractivity contribution in [2.75, 3.05) is 13.1 Å². The lowest BCUT2D eigenvalue weighted by atomic mass is 10.1. The molecule has 0 bridgehead atoms. The monoisotopic (exact) mass is 299 g/mol. The Labute approximate surface area is 130 Å². The normalized spacial score (nSPS) is 19.2. The molecule has 0 spiro atoms. The lowest BCUT2D eigenvalue weighted by Gasteiger charge is -2.20. The van der Waals surface area contributed by atoms with Crippen molar-refractivity contribution in [3.05, 3.63) is 48.3 Å². The summed E-state index contributed by atoms with van der Waals surface area (Å²) in [6, 6.07) is 5.59. The minimum absolute atomic E-state index is 0.0325. The van der Waals surface area contributed by atoms with Crippen LogP contribution < -0.4 is 5.32 Å². The third-order valence-corrected chi connectivity index (χ3v) is 4.17. The fourth-order valence-electron chi connectivity index (χ4n) is 2.91. The van der Waals surface area contributed by atoms with Gasteiger partial charge in [0, 0.05) is 44.6 Å². The average molecular weight is 299 g/mol. The van der Waals surface area contributed by atoms with E-state index in [1.165, 1.54) is 0 Å². The maximum Gasteiger partial charge on any atom is 0.317 e. The molecule has 2 amide bonds. The van der Waals surface area contributed by atoms with Gasteiger partial charge in [-0.3, -0.25) is 4.98 Å². The third-order valence-electron chi connectivity index (χ3n) is 4.17. The summed E-state index contributed by atoms with van der Waals surface area (Å²) in [5.74, 6) is 1.36. The minimum Gasteiger partial charge on any atom is -0.338 e. The van der Waals surface area contributed by atoms with Crippen LogP contribution in [0.15, 0.2) is 36.8 Å². The molecular weight excluding hydrogens is 278 g/mol. The van der Waals surface area contributed by atoms with Crippen LogP contribution in [0.5, 0.6) is 0 Å². The number of nitrogens with one attached hydrogen (secondary N) is 1. The molecule has 1 N–H and O–H groups in total. The Hall–Kier alpha value is -2.37. The second-order valence-electron chi connectivity index (χ2n) is 5.75. The average Bonchev–Trinajstić information content (AvgIpc) is 3.16. The molecule has 116 valence electrons. The Morgan fingerprint density at radius 2 is 2.23 bits per heavy atom. The number of rotatable bonds is 3. The van der Waals surface area contributed by atoms with E-state index in [1.54, 1.807) is 12.4 Å². The van der Waals surface area contributed by atoms with Crippen molar-refractivity contribution >= 4 is 6.03 Å². The number of urea groups is 1. The zero-order valence-electron chi connectivity index (χ0n) is 12.9. The highest BCUT2D eigenvalue weighted by molar-refractivity contribution is 5.75. The van der Waals surface area contributed by atoms with Gasteiger partial charge < -0.3 is 14.8 Å². The molecule has 0 radical (unpaired) electrons. The molecule has 2 atom stereocenters. The summed E-state index contributed by atoms with van der Waals surface area (Å²) >= 11 is 0. The van der Waals surface area contributed by atoms with Crippen molar-refractivity contribution in [3.8, 4) is 0 Å². The van der Waals surface area contributed by atoms with E-state index in [0.717, 1.165) is 24.5 Å². The molecule has 3 heterocycles. The summed E-state index contributed by atoms with van der Waals surface area (Å²) in [5, 5.41) is 3.02. The number of amides is 2. The van der Waals surface area contributed by atoms with Gasteiger partial charge >= 0.3 is 6.03 Å². The summed E-state index contributed by atoms with van der Waals surface area (Å²) in [6.07, 6.45) is 6.45. The Kier molecular flexibility index (Phi) is 4.09. The number of aryl methyl sites for hydroxylation is 1. The second kappa shape index (κ2) is 6.17. The smallest absolute Gasteiger partial charge is 0.317 e. The fourth-order valence-corrected chi connectivity index (χ4v) is 2.91. The van der Waals surface area contributed by atoms with Crippen LogP contribution in [0.25, 0.3) is 0 Å². The Bertz CT molecular complexity index is 639. The number of likely N-dealkylation sites (tertiary alicyclic amines) is 1. The zero-order chi connectivity index (χ0) is 15.5. The van der Waals surface area contributed by atoms with E-state index < -0.39 is 0 Å². The van der Waals surface area contributed by atoms with Crippen LogP contribution in [0.2, 0.25) is 0 Å². The van der Waals surface area contributed by atoms with E-state index in [4.69, 9.17) is 0 Å². The van der Waals surface area contributed by atoms with Gasteiger partial charge in [-0.25, -0.2) is 9.78 Å². The van der Waals surface area contributed by atoms with Gasteiger partial charge in [0.05, 0.1) is 11.7 Å². The number of hydrogen-bond acceptors (Lipinski definition) is 3. The molecule has 2 aromatic heterocycles. The predicted octanol–water partition coefficient (Wildman–Crippen LogP) is 2.08. The van der Waals surface area contributed by atoms with E-state index in [2.05, 4.69) is 15.3 Å². The number of hydrogen-bond donors (Lipinski definition) is 1. The van der Waals surface area contributed by atoms with Crippen molar-refractivity contribution in [2.45, 2.75) is 25.3 Å². The largest absolute Gasteiger partial charge is 0.338 e. The van der Waals surface area contributed by atoms with Crippen molar-refractivity contribution in [2.24, 2.45) is 7.05 Å². The van der Waals surface area contributed by atoms with Crippen LogP contribution in [-0.4, -0.2) is 38.6 Å². The van der Waals surface area contributed by atoms with E-state index in [1.807, 2.05) is 47.8 Å². The van der Waals surface area contributed by atoms with Crippen LogP contribution in [0.4, 0.5) is 4.79 Å².